The van der Waals surface area contributed by atoms with Crippen molar-refractivity contribution in [2.45, 2.75) is 51.5 Å². The van der Waals surface area contributed by atoms with Crippen molar-refractivity contribution in [3.8, 4) is 5.75 Å². The second-order valence-corrected chi connectivity index (χ2v) is 5.17. The molecule has 100 valence electrons. The summed E-state index contributed by atoms with van der Waals surface area (Å²) < 4.78 is 5.31. The highest BCUT2D eigenvalue weighted by Crippen LogP contribution is 2.32. The molecule has 1 aromatic rings. The molecular formula is C16H25NO. The lowest BCUT2D eigenvalue weighted by Crippen LogP contribution is -2.26. The summed E-state index contributed by atoms with van der Waals surface area (Å²) in [6, 6.07) is 7.08. The van der Waals surface area contributed by atoms with Gasteiger partial charge in [0, 0.05) is 6.04 Å². The van der Waals surface area contributed by atoms with Gasteiger partial charge >= 0.3 is 0 Å². The molecule has 0 saturated heterocycles. The number of fused-ring (bicyclic) bond motifs is 1. The third-order valence-corrected chi connectivity index (χ3v) is 3.84. The van der Waals surface area contributed by atoms with Crippen molar-refractivity contribution in [1.82, 2.24) is 5.32 Å². The van der Waals surface area contributed by atoms with Gasteiger partial charge in [-0.3, -0.25) is 0 Å². The Morgan fingerprint density at radius 1 is 1.33 bits per heavy atom. The Balaban J connectivity index is 1.99. The molecular weight excluding hydrogens is 222 g/mol. The van der Waals surface area contributed by atoms with E-state index in [1.54, 1.807) is 7.11 Å². The van der Waals surface area contributed by atoms with Crippen LogP contribution in [0.4, 0.5) is 0 Å². The SMILES string of the molecule is CCCCCNC1CCCc2cc(OC)ccc21. The van der Waals surface area contributed by atoms with Crippen molar-refractivity contribution in [3.63, 3.8) is 0 Å². The van der Waals surface area contributed by atoms with Crippen LogP contribution < -0.4 is 10.1 Å². The standard InChI is InChI=1S/C16H25NO/c1-3-4-5-11-17-16-8-6-7-13-12-14(18-2)9-10-15(13)16/h9-10,12,16-17H,3-8,11H2,1-2H3. The van der Waals surface area contributed by atoms with Gasteiger partial charge in [0.15, 0.2) is 0 Å². The first-order chi connectivity index (χ1) is 8.85. The van der Waals surface area contributed by atoms with Crippen LogP contribution in [0.15, 0.2) is 18.2 Å². The van der Waals surface area contributed by atoms with Gasteiger partial charge in [0.2, 0.25) is 0 Å². The molecule has 18 heavy (non-hydrogen) atoms. The van der Waals surface area contributed by atoms with E-state index in [0.29, 0.717) is 6.04 Å². The number of unbranched alkanes of at least 4 members (excludes halogenated alkanes) is 2. The molecule has 2 rings (SSSR count). The molecule has 0 radical (unpaired) electrons. The van der Waals surface area contributed by atoms with Crippen molar-refractivity contribution in [2.75, 3.05) is 13.7 Å². The van der Waals surface area contributed by atoms with Crippen LogP contribution in [0.1, 0.15) is 56.2 Å². The Morgan fingerprint density at radius 3 is 3.00 bits per heavy atom. The lowest BCUT2D eigenvalue weighted by atomic mass is 9.87. The van der Waals surface area contributed by atoms with Gasteiger partial charge in [-0.25, -0.2) is 0 Å². The van der Waals surface area contributed by atoms with Crippen LogP contribution in [0.5, 0.6) is 5.75 Å². The van der Waals surface area contributed by atoms with Crippen LogP contribution in [0, 0.1) is 0 Å². The Kier molecular flexibility index (Phi) is 5.06. The third kappa shape index (κ3) is 3.26. The van der Waals surface area contributed by atoms with Gasteiger partial charge in [-0.2, -0.15) is 0 Å². The summed E-state index contributed by atoms with van der Waals surface area (Å²) in [7, 11) is 1.74. The average molecular weight is 247 g/mol. The summed E-state index contributed by atoms with van der Waals surface area (Å²) in [5, 5.41) is 3.71. The minimum atomic E-state index is 0.552. The highest BCUT2D eigenvalue weighted by Gasteiger charge is 2.19. The molecule has 1 aromatic carbocycles. The quantitative estimate of drug-likeness (QED) is 0.771. The highest BCUT2D eigenvalue weighted by molar-refractivity contribution is 5.39. The molecule has 1 unspecified atom stereocenters. The maximum Gasteiger partial charge on any atom is 0.119 e. The van der Waals surface area contributed by atoms with Crippen molar-refractivity contribution in [3.05, 3.63) is 29.3 Å². The maximum atomic E-state index is 5.31. The fraction of sp³-hybridized carbons (Fsp3) is 0.625. The molecule has 0 spiro atoms. The molecule has 0 amide bonds. The summed E-state index contributed by atoms with van der Waals surface area (Å²) in [5.74, 6) is 0.986. The monoisotopic (exact) mass is 247 g/mol. The second-order valence-electron chi connectivity index (χ2n) is 5.17. The molecule has 1 atom stereocenters. The van der Waals surface area contributed by atoms with Crippen LogP contribution in [0.3, 0.4) is 0 Å². The van der Waals surface area contributed by atoms with Crippen LogP contribution in [-0.2, 0) is 6.42 Å². The van der Waals surface area contributed by atoms with Crippen molar-refractivity contribution >= 4 is 0 Å². The van der Waals surface area contributed by atoms with Crippen molar-refractivity contribution < 1.29 is 4.74 Å². The zero-order valence-electron chi connectivity index (χ0n) is 11.7. The molecule has 1 aliphatic rings. The van der Waals surface area contributed by atoms with Gasteiger partial charge in [0.1, 0.15) is 5.75 Å². The summed E-state index contributed by atoms with van der Waals surface area (Å²) in [5.41, 5.74) is 2.95. The van der Waals surface area contributed by atoms with E-state index in [-0.39, 0.29) is 0 Å². The first-order valence-corrected chi connectivity index (χ1v) is 7.25. The van der Waals surface area contributed by atoms with Crippen molar-refractivity contribution in [1.29, 1.82) is 0 Å². The number of nitrogens with one attached hydrogen (secondary N) is 1. The Bertz CT molecular complexity index is 375. The van der Waals surface area contributed by atoms with Gasteiger partial charge in [0.25, 0.3) is 0 Å². The lowest BCUT2D eigenvalue weighted by molar-refractivity contribution is 0.410. The Hall–Kier alpha value is -1.02. The predicted octanol–water partition coefficient (Wildman–Crippen LogP) is 3.85. The summed E-state index contributed by atoms with van der Waals surface area (Å²) in [4.78, 5) is 0. The Labute approximate surface area is 111 Å². The van der Waals surface area contributed by atoms with Crippen LogP contribution in [0.2, 0.25) is 0 Å². The number of methoxy groups -OCH3 is 1. The zero-order valence-corrected chi connectivity index (χ0v) is 11.7. The minimum absolute atomic E-state index is 0.552. The maximum absolute atomic E-state index is 5.31. The highest BCUT2D eigenvalue weighted by atomic mass is 16.5. The molecule has 2 nitrogen and oxygen atoms in total. The summed E-state index contributed by atoms with van der Waals surface area (Å²) in [6.07, 6.45) is 7.66. The van der Waals surface area contributed by atoms with Gasteiger partial charge in [-0.05, 0) is 55.5 Å². The number of ether oxygens (including phenoxy) is 1. The fourth-order valence-corrected chi connectivity index (χ4v) is 2.78. The first-order valence-electron chi connectivity index (χ1n) is 7.25. The largest absolute Gasteiger partial charge is 0.497 e. The molecule has 1 N–H and O–H groups in total. The van der Waals surface area contributed by atoms with Crippen LogP contribution >= 0.6 is 0 Å². The number of aryl methyl sites for hydroxylation is 1. The van der Waals surface area contributed by atoms with E-state index in [2.05, 4.69) is 30.4 Å². The van der Waals surface area contributed by atoms with Crippen LogP contribution in [0.25, 0.3) is 0 Å². The molecule has 1 aliphatic carbocycles. The van der Waals surface area contributed by atoms with E-state index >= 15 is 0 Å². The van der Waals surface area contributed by atoms with E-state index < -0.39 is 0 Å². The minimum Gasteiger partial charge on any atom is -0.497 e. The van der Waals surface area contributed by atoms with Crippen molar-refractivity contribution in [2.24, 2.45) is 0 Å². The number of benzene rings is 1. The Morgan fingerprint density at radius 2 is 2.22 bits per heavy atom. The zero-order chi connectivity index (χ0) is 12.8. The summed E-state index contributed by atoms with van der Waals surface area (Å²) in [6.45, 7) is 3.40. The number of hydrogen-bond donors (Lipinski definition) is 1. The predicted molar refractivity (Wildman–Crippen MR) is 76.2 cm³/mol. The van der Waals surface area contributed by atoms with E-state index in [0.717, 1.165) is 12.3 Å². The molecule has 0 aromatic heterocycles. The molecule has 2 heteroatoms. The first kappa shape index (κ1) is 13.4. The van der Waals surface area contributed by atoms with E-state index in [1.807, 2.05) is 0 Å². The molecule has 0 saturated carbocycles. The van der Waals surface area contributed by atoms with E-state index in [1.165, 1.54) is 49.7 Å². The van der Waals surface area contributed by atoms with Gasteiger partial charge in [-0.15, -0.1) is 0 Å². The fourth-order valence-electron chi connectivity index (χ4n) is 2.78. The summed E-state index contributed by atoms with van der Waals surface area (Å²) >= 11 is 0. The number of rotatable bonds is 6. The van der Waals surface area contributed by atoms with Gasteiger partial charge in [0.05, 0.1) is 7.11 Å². The smallest absolute Gasteiger partial charge is 0.119 e. The molecule has 0 heterocycles. The van der Waals surface area contributed by atoms with E-state index in [9.17, 15) is 0 Å². The van der Waals surface area contributed by atoms with Gasteiger partial charge in [-0.1, -0.05) is 25.8 Å². The molecule has 0 fully saturated rings. The number of hydrogen-bond acceptors (Lipinski definition) is 2. The molecule has 0 aliphatic heterocycles. The molecule has 0 bridgehead atoms. The third-order valence-electron chi connectivity index (χ3n) is 3.84. The normalized spacial score (nSPS) is 18.4. The van der Waals surface area contributed by atoms with Crippen LogP contribution in [-0.4, -0.2) is 13.7 Å². The average Bonchev–Trinajstić information content (AvgIpc) is 2.43. The second kappa shape index (κ2) is 6.79. The lowest BCUT2D eigenvalue weighted by Gasteiger charge is -2.27. The van der Waals surface area contributed by atoms with E-state index in [4.69, 9.17) is 4.74 Å². The topological polar surface area (TPSA) is 21.3 Å². The van der Waals surface area contributed by atoms with Gasteiger partial charge < -0.3 is 10.1 Å².